The molecule has 3 amide bonds. The zero-order valence-electron chi connectivity index (χ0n) is 24.0. The maximum atomic E-state index is 13.6. The molecule has 10 nitrogen and oxygen atoms in total. The van der Waals surface area contributed by atoms with Crippen LogP contribution in [-0.4, -0.2) is 79.4 Å². The summed E-state index contributed by atoms with van der Waals surface area (Å²) in [7, 11) is 0. The molecule has 4 heterocycles. The Balaban J connectivity index is 1.27. The smallest absolute Gasteiger partial charge is 0.253 e. The van der Waals surface area contributed by atoms with Crippen LogP contribution >= 0.6 is 0 Å². The van der Waals surface area contributed by atoms with Crippen molar-refractivity contribution < 1.29 is 14.4 Å². The summed E-state index contributed by atoms with van der Waals surface area (Å²) in [5, 5.41) is 14.5. The number of carbonyl (C=O) groups is 3. The molecule has 3 aliphatic rings. The maximum Gasteiger partial charge on any atom is 0.253 e. The molecule has 2 bridgehead atoms. The van der Waals surface area contributed by atoms with Crippen LogP contribution in [0.1, 0.15) is 81.6 Å². The van der Waals surface area contributed by atoms with E-state index in [1.807, 2.05) is 29.2 Å². The molecule has 3 aliphatic heterocycles. The van der Waals surface area contributed by atoms with Gasteiger partial charge in [0.05, 0.1) is 6.54 Å². The summed E-state index contributed by atoms with van der Waals surface area (Å²) in [6.45, 7) is 9.03. The van der Waals surface area contributed by atoms with Gasteiger partial charge in [0.1, 0.15) is 6.33 Å². The predicted octanol–water partition coefficient (Wildman–Crippen LogP) is 3.14. The van der Waals surface area contributed by atoms with Crippen molar-refractivity contribution in [3.8, 4) is 0 Å². The first kappa shape index (κ1) is 28.2. The van der Waals surface area contributed by atoms with Gasteiger partial charge in [-0.05, 0) is 83.9 Å². The summed E-state index contributed by atoms with van der Waals surface area (Å²) >= 11 is 0. The van der Waals surface area contributed by atoms with Crippen molar-refractivity contribution in [3.05, 3.63) is 41.7 Å². The Kier molecular flexibility index (Phi) is 8.81. The number of hydrogen-bond acceptors (Lipinski definition) is 6. The number of aromatic nitrogens is 4. The van der Waals surface area contributed by atoms with Gasteiger partial charge in [0, 0.05) is 50.1 Å². The first-order valence-electron chi connectivity index (χ1n) is 14.9. The van der Waals surface area contributed by atoms with Crippen molar-refractivity contribution in [1.29, 1.82) is 0 Å². The molecule has 1 N–H and O–H groups in total. The molecule has 0 radical (unpaired) electrons. The van der Waals surface area contributed by atoms with E-state index in [9.17, 15) is 14.4 Å². The molecule has 1 aromatic carbocycles. The van der Waals surface area contributed by atoms with Gasteiger partial charge >= 0.3 is 0 Å². The first-order chi connectivity index (χ1) is 19.3. The van der Waals surface area contributed by atoms with Gasteiger partial charge in [0.15, 0.2) is 0 Å². The van der Waals surface area contributed by atoms with Gasteiger partial charge in [-0.15, -0.1) is 5.10 Å². The van der Waals surface area contributed by atoms with Gasteiger partial charge in [-0.2, -0.15) is 0 Å². The average molecular weight is 550 g/mol. The second-order valence-corrected chi connectivity index (χ2v) is 12.6. The number of rotatable bonds is 4. The van der Waals surface area contributed by atoms with E-state index in [4.69, 9.17) is 0 Å². The topological polar surface area (TPSA) is 113 Å². The molecule has 2 aromatic rings. The molecule has 216 valence electrons. The quantitative estimate of drug-likeness (QED) is 0.627. The lowest BCUT2D eigenvalue weighted by Gasteiger charge is -2.51. The highest BCUT2D eigenvalue weighted by molar-refractivity contribution is 5.94. The minimum Gasteiger partial charge on any atom is -0.353 e. The number of piperidine rings is 2. The standard InChI is InChI=1S/C30H43N7O3/c1-20(2)26-12-7-21(3)13-29(39)37-17-23-14-25(27(37)5-4-6-28(38)32-26)18-35(15-23)30(40)24-10-8-22(9-11-24)16-36-19-31-33-34-36/h8-11,19-21,23,25-27H,4-7,12-18H2,1-3H3,(H,32,38)/t21-,23+,25-,26+,27+/m1/s1. The molecule has 5 rings (SSSR count). The second-order valence-electron chi connectivity index (χ2n) is 12.6. The highest BCUT2D eigenvalue weighted by atomic mass is 16.2. The summed E-state index contributed by atoms with van der Waals surface area (Å²) in [6.07, 6.45) is 7.00. The fourth-order valence-corrected chi connectivity index (χ4v) is 6.85. The number of tetrazole rings is 1. The monoisotopic (exact) mass is 549 g/mol. The van der Waals surface area contributed by atoms with E-state index in [2.05, 4.69) is 46.5 Å². The van der Waals surface area contributed by atoms with Crippen molar-refractivity contribution in [3.63, 3.8) is 0 Å². The molecule has 0 saturated carbocycles. The summed E-state index contributed by atoms with van der Waals surface area (Å²) in [5.41, 5.74) is 1.70. The van der Waals surface area contributed by atoms with Crippen LogP contribution in [-0.2, 0) is 16.1 Å². The minimum absolute atomic E-state index is 0.0424. The zero-order chi connectivity index (χ0) is 28.2. The lowest BCUT2D eigenvalue weighted by molar-refractivity contribution is -0.141. The minimum atomic E-state index is 0.0424. The number of nitrogens with zero attached hydrogens (tertiary/aromatic N) is 6. The van der Waals surface area contributed by atoms with Crippen LogP contribution in [0, 0.1) is 23.7 Å². The molecule has 3 fully saturated rings. The number of benzene rings is 1. The summed E-state index contributed by atoms with van der Waals surface area (Å²) < 4.78 is 1.65. The molecular weight excluding hydrogens is 506 g/mol. The van der Waals surface area contributed by atoms with E-state index < -0.39 is 0 Å². The van der Waals surface area contributed by atoms with Crippen molar-refractivity contribution in [2.45, 2.75) is 84.3 Å². The van der Waals surface area contributed by atoms with Gasteiger partial charge in [0.2, 0.25) is 11.8 Å². The van der Waals surface area contributed by atoms with Gasteiger partial charge in [0.25, 0.3) is 5.91 Å². The van der Waals surface area contributed by atoms with E-state index in [1.165, 1.54) is 0 Å². The number of likely N-dealkylation sites (tertiary alicyclic amines) is 1. The number of fused-ring (bicyclic) bond motifs is 4. The first-order valence-corrected chi connectivity index (χ1v) is 14.9. The fraction of sp³-hybridized carbons (Fsp3) is 0.667. The summed E-state index contributed by atoms with van der Waals surface area (Å²) in [6, 6.07) is 7.88. The Morgan fingerprint density at radius 1 is 1.07 bits per heavy atom. The third kappa shape index (κ3) is 6.70. The number of amides is 3. The van der Waals surface area contributed by atoms with Gasteiger partial charge < -0.3 is 15.1 Å². The largest absolute Gasteiger partial charge is 0.353 e. The summed E-state index contributed by atoms with van der Waals surface area (Å²) in [4.78, 5) is 44.0. The highest BCUT2D eigenvalue weighted by Gasteiger charge is 2.43. The second kappa shape index (κ2) is 12.5. The molecule has 0 unspecified atom stereocenters. The SMILES string of the molecule is CC(C)[C@@H]1CC[C@@H](C)CC(=O)N2C[C@H]3C[C@H](CN(C(=O)c4ccc(Cn5cnnn5)cc4)C3)[C@@H]2CCCC(=O)N1. The Morgan fingerprint density at radius 3 is 2.60 bits per heavy atom. The van der Waals surface area contributed by atoms with Crippen molar-refractivity contribution in [1.82, 2.24) is 35.3 Å². The third-order valence-electron chi connectivity index (χ3n) is 9.06. The van der Waals surface area contributed by atoms with Gasteiger partial charge in [-0.25, -0.2) is 4.68 Å². The Morgan fingerprint density at radius 2 is 1.88 bits per heavy atom. The third-order valence-corrected chi connectivity index (χ3v) is 9.06. The molecule has 1 aromatic heterocycles. The van der Waals surface area contributed by atoms with E-state index in [-0.39, 0.29) is 47.6 Å². The number of carbonyl (C=O) groups excluding carboxylic acids is 3. The van der Waals surface area contributed by atoms with Crippen LogP contribution < -0.4 is 5.32 Å². The lowest BCUT2D eigenvalue weighted by atomic mass is 9.77. The highest BCUT2D eigenvalue weighted by Crippen LogP contribution is 2.37. The van der Waals surface area contributed by atoms with E-state index in [0.717, 1.165) is 37.7 Å². The van der Waals surface area contributed by atoms with Gasteiger partial charge in [-0.1, -0.05) is 32.9 Å². The Hall–Kier alpha value is -3.30. The zero-order valence-corrected chi connectivity index (χ0v) is 24.0. The lowest BCUT2D eigenvalue weighted by Crippen LogP contribution is -2.60. The summed E-state index contributed by atoms with van der Waals surface area (Å²) in [5.74, 6) is 1.55. The van der Waals surface area contributed by atoms with Crippen molar-refractivity contribution >= 4 is 17.7 Å². The van der Waals surface area contributed by atoms with Gasteiger partial charge in [-0.3, -0.25) is 14.4 Å². The van der Waals surface area contributed by atoms with Crippen molar-refractivity contribution in [2.24, 2.45) is 23.7 Å². The normalized spacial score (nSPS) is 28.2. The van der Waals surface area contributed by atoms with Crippen LogP contribution in [0.3, 0.4) is 0 Å². The Bertz CT molecular complexity index is 1170. The average Bonchev–Trinajstić information content (AvgIpc) is 3.44. The van der Waals surface area contributed by atoms with Crippen LogP contribution in [0.5, 0.6) is 0 Å². The molecular formula is C30H43N7O3. The van der Waals surface area contributed by atoms with E-state index in [0.29, 0.717) is 50.5 Å². The van der Waals surface area contributed by atoms with Crippen LogP contribution in [0.25, 0.3) is 0 Å². The van der Waals surface area contributed by atoms with Crippen molar-refractivity contribution in [2.75, 3.05) is 19.6 Å². The maximum absolute atomic E-state index is 13.6. The molecule has 3 saturated heterocycles. The van der Waals surface area contributed by atoms with E-state index in [1.54, 1.807) is 11.0 Å². The van der Waals surface area contributed by atoms with Crippen LogP contribution in [0.15, 0.2) is 30.6 Å². The molecule has 10 heteroatoms. The van der Waals surface area contributed by atoms with Crippen LogP contribution in [0.2, 0.25) is 0 Å². The van der Waals surface area contributed by atoms with Crippen LogP contribution in [0.4, 0.5) is 0 Å². The fourth-order valence-electron chi connectivity index (χ4n) is 6.85. The molecule has 5 atom stereocenters. The number of nitrogens with one attached hydrogen (secondary N) is 1. The predicted molar refractivity (Wildman–Crippen MR) is 150 cm³/mol. The molecule has 0 aliphatic carbocycles. The number of hydrogen-bond donors (Lipinski definition) is 1. The Labute approximate surface area is 236 Å². The van der Waals surface area contributed by atoms with E-state index >= 15 is 0 Å². The molecule has 40 heavy (non-hydrogen) atoms. The molecule has 0 spiro atoms.